The van der Waals surface area contributed by atoms with Crippen LogP contribution in [0.25, 0.3) is 0 Å². The molecule has 2 rings (SSSR count). The Labute approximate surface area is 107 Å². The van der Waals surface area contributed by atoms with Crippen molar-refractivity contribution in [2.45, 2.75) is 32.5 Å². The molecule has 1 N–H and O–H groups in total. The van der Waals surface area contributed by atoms with Crippen LogP contribution in [0.3, 0.4) is 0 Å². The minimum Gasteiger partial charge on any atom is -0.381 e. The van der Waals surface area contributed by atoms with Crippen LogP contribution < -0.4 is 5.32 Å². The molecular weight excluding hydrogens is 261 g/mol. The number of hydrogen-bond acceptors (Lipinski definition) is 3. The number of nitro groups is 1. The molecule has 19 heavy (non-hydrogen) atoms. The Morgan fingerprint density at radius 3 is 2.42 bits per heavy atom. The summed E-state index contributed by atoms with van der Waals surface area (Å²) < 4.78 is 38.7. The number of nitro benzene ring substituents is 1. The average Bonchev–Trinajstić information content (AvgIpc) is 2.84. The molecule has 0 radical (unpaired) electrons. The molecule has 1 aromatic rings. The van der Waals surface area contributed by atoms with E-state index in [9.17, 15) is 23.3 Å². The van der Waals surface area contributed by atoms with E-state index in [1.807, 2.05) is 13.8 Å². The summed E-state index contributed by atoms with van der Waals surface area (Å²) in [5, 5.41) is 13.4. The van der Waals surface area contributed by atoms with Gasteiger partial charge in [0.2, 0.25) is 0 Å². The molecule has 1 saturated carbocycles. The summed E-state index contributed by atoms with van der Waals surface area (Å²) >= 11 is 0. The average molecular weight is 274 g/mol. The number of halogens is 3. The van der Waals surface area contributed by atoms with Crippen molar-refractivity contribution in [2.24, 2.45) is 5.41 Å². The van der Waals surface area contributed by atoms with E-state index in [0.29, 0.717) is 6.07 Å². The van der Waals surface area contributed by atoms with E-state index in [1.165, 1.54) is 0 Å². The number of rotatable bonds is 3. The van der Waals surface area contributed by atoms with Gasteiger partial charge in [-0.05, 0) is 17.9 Å². The van der Waals surface area contributed by atoms with Gasteiger partial charge in [0, 0.05) is 23.9 Å². The molecule has 0 saturated heterocycles. The molecule has 1 aromatic carbocycles. The molecule has 1 fully saturated rings. The van der Waals surface area contributed by atoms with Crippen LogP contribution in [0.2, 0.25) is 0 Å². The normalized spacial score (nSPS) is 21.0. The molecule has 4 nitrogen and oxygen atoms in total. The summed E-state index contributed by atoms with van der Waals surface area (Å²) in [6, 6.07) is 2.73. The fourth-order valence-electron chi connectivity index (χ4n) is 1.91. The molecule has 1 aliphatic rings. The second-order valence-corrected chi connectivity index (χ2v) is 5.37. The molecule has 0 spiro atoms. The highest BCUT2D eigenvalue weighted by atomic mass is 19.4. The van der Waals surface area contributed by atoms with Crippen LogP contribution >= 0.6 is 0 Å². The van der Waals surface area contributed by atoms with Crippen molar-refractivity contribution in [2.75, 3.05) is 5.32 Å². The summed E-state index contributed by atoms with van der Waals surface area (Å²) in [7, 11) is 0. The van der Waals surface area contributed by atoms with Crippen LogP contribution in [0.4, 0.5) is 24.5 Å². The van der Waals surface area contributed by atoms with E-state index in [1.54, 1.807) is 0 Å². The van der Waals surface area contributed by atoms with Crippen molar-refractivity contribution in [1.82, 2.24) is 0 Å². The van der Waals surface area contributed by atoms with Gasteiger partial charge < -0.3 is 5.32 Å². The lowest BCUT2D eigenvalue weighted by atomic mass is 10.1. The van der Waals surface area contributed by atoms with Gasteiger partial charge in [0.15, 0.2) is 0 Å². The van der Waals surface area contributed by atoms with E-state index < -0.39 is 22.4 Å². The van der Waals surface area contributed by atoms with Crippen LogP contribution in [0.5, 0.6) is 0 Å². The van der Waals surface area contributed by atoms with Gasteiger partial charge in [0.25, 0.3) is 5.69 Å². The molecule has 1 aliphatic carbocycles. The predicted molar refractivity (Wildman–Crippen MR) is 63.9 cm³/mol. The number of benzene rings is 1. The zero-order chi connectivity index (χ0) is 14.4. The fraction of sp³-hybridized carbons (Fsp3) is 0.500. The van der Waals surface area contributed by atoms with Gasteiger partial charge in [0.05, 0.1) is 10.5 Å². The number of non-ortho nitro benzene ring substituents is 1. The molecule has 7 heteroatoms. The molecule has 1 unspecified atom stereocenters. The number of nitrogens with zero attached hydrogens (tertiary/aromatic N) is 1. The van der Waals surface area contributed by atoms with Gasteiger partial charge in [-0.1, -0.05) is 13.8 Å². The second kappa shape index (κ2) is 4.11. The van der Waals surface area contributed by atoms with Crippen LogP contribution in [0.1, 0.15) is 25.8 Å². The highest BCUT2D eigenvalue weighted by molar-refractivity contribution is 5.58. The van der Waals surface area contributed by atoms with Gasteiger partial charge >= 0.3 is 6.18 Å². The van der Waals surface area contributed by atoms with E-state index in [4.69, 9.17) is 0 Å². The first-order chi connectivity index (χ1) is 8.61. The Hall–Kier alpha value is -1.79. The van der Waals surface area contributed by atoms with Crippen molar-refractivity contribution < 1.29 is 18.1 Å². The van der Waals surface area contributed by atoms with Crippen molar-refractivity contribution in [3.8, 4) is 0 Å². The Morgan fingerprint density at radius 2 is 2.00 bits per heavy atom. The highest BCUT2D eigenvalue weighted by Crippen LogP contribution is 2.48. The SMILES string of the molecule is CC1(C)CC1Nc1ccc([N+](=O)[O-])cc1C(F)(F)F. The third kappa shape index (κ3) is 2.80. The Morgan fingerprint density at radius 1 is 1.42 bits per heavy atom. The van der Waals surface area contributed by atoms with Crippen molar-refractivity contribution in [1.29, 1.82) is 0 Å². The lowest BCUT2D eigenvalue weighted by molar-refractivity contribution is -0.385. The van der Waals surface area contributed by atoms with E-state index in [-0.39, 0.29) is 17.1 Å². The maximum Gasteiger partial charge on any atom is 0.418 e. The smallest absolute Gasteiger partial charge is 0.381 e. The molecule has 0 bridgehead atoms. The monoisotopic (exact) mass is 274 g/mol. The zero-order valence-electron chi connectivity index (χ0n) is 10.4. The first-order valence-electron chi connectivity index (χ1n) is 5.73. The number of alkyl halides is 3. The van der Waals surface area contributed by atoms with Crippen LogP contribution in [-0.4, -0.2) is 11.0 Å². The minimum absolute atomic E-state index is 0.0324. The molecule has 0 aromatic heterocycles. The van der Waals surface area contributed by atoms with Crippen molar-refractivity contribution in [3.63, 3.8) is 0 Å². The summed E-state index contributed by atoms with van der Waals surface area (Å²) in [6.45, 7) is 3.90. The minimum atomic E-state index is -4.62. The third-order valence-corrected chi connectivity index (χ3v) is 3.36. The highest BCUT2D eigenvalue weighted by Gasteiger charge is 2.47. The Bertz CT molecular complexity index is 526. The Balaban J connectivity index is 2.35. The summed E-state index contributed by atoms with van der Waals surface area (Å²) in [5.41, 5.74) is -1.70. The second-order valence-electron chi connectivity index (χ2n) is 5.37. The number of nitrogens with one attached hydrogen (secondary N) is 1. The molecule has 0 aliphatic heterocycles. The van der Waals surface area contributed by atoms with E-state index in [2.05, 4.69) is 5.32 Å². The number of hydrogen-bond donors (Lipinski definition) is 1. The maximum absolute atomic E-state index is 12.9. The van der Waals surface area contributed by atoms with Crippen LogP contribution in [-0.2, 0) is 6.18 Å². The fourth-order valence-corrected chi connectivity index (χ4v) is 1.91. The van der Waals surface area contributed by atoms with Crippen LogP contribution in [0, 0.1) is 15.5 Å². The zero-order valence-corrected chi connectivity index (χ0v) is 10.4. The molecule has 0 amide bonds. The van der Waals surface area contributed by atoms with Crippen molar-refractivity contribution in [3.05, 3.63) is 33.9 Å². The first kappa shape index (κ1) is 13.6. The standard InChI is InChI=1S/C12H13F3N2O2/c1-11(2)6-10(11)16-9-4-3-7(17(18)19)5-8(9)12(13,14)15/h3-5,10,16H,6H2,1-2H3. The Kier molecular flexibility index (Phi) is 2.95. The summed E-state index contributed by atoms with van der Waals surface area (Å²) in [4.78, 5) is 9.71. The van der Waals surface area contributed by atoms with E-state index >= 15 is 0 Å². The largest absolute Gasteiger partial charge is 0.418 e. The first-order valence-corrected chi connectivity index (χ1v) is 5.73. The summed E-state index contributed by atoms with van der Waals surface area (Å²) in [6.07, 6.45) is -3.84. The predicted octanol–water partition coefficient (Wildman–Crippen LogP) is 3.82. The lowest BCUT2D eigenvalue weighted by Gasteiger charge is -2.15. The van der Waals surface area contributed by atoms with Crippen molar-refractivity contribution >= 4 is 11.4 Å². The molecule has 104 valence electrons. The lowest BCUT2D eigenvalue weighted by Crippen LogP contribution is -2.15. The summed E-state index contributed by atoms with van der Waals surface area (Å²) in [5.74, 6) is 0. The number of anilines is 1. The maximum atomic E-state index is 12.9. The van der Waals surface area contributed by atoms with Gasteiger partial charge in [0.1, 0.15) is 0 Å². The van der Waals surface area contributed by atoms with E-state index in [0.717, 1.165) is 18.6 Å². The molecule has 0 heterocycles. The van der Waals surface area contributed by atoms with Gasteiger partial charge in [-0.3, -0.25) is 10.1 Å². The van der Waals surface area contributed by atoms with Gasteiger partial charge in [-0.15, -0.1) is 0 Å². The molecule has 1 atom stereocenters. The topological polar surface area (TPSA) is 55.2 Å². The molecular formula is C12H13F3N2O2. The third-order valence-electron chi connectivity index (χ3n) is 3.36. The van der Waals surface area contributed by atoms with Gasteiger partial charge in [-0.25, -0.2) is 0 Å². The van der Waals surface area contributed by atoms with Gasteiger partial charge in [-0.2, -0.15) is 13.2 Å². The quantitative estimate of drug-likeness (QED) is 0.673. The van der Waals surface area contributed by atoms with Crippen LogP contribution in [0.15, 0.2) is 18.2 Å².